The highest BCUT2D eigenvalue weighted by Crippen LogP contribution is 2.20. The minimum absolute atomic E-state index is 1.15. The van der Waals surface area contributed by atoms with Crippen LogP contribution in [0.15, 0.2) is 29.8 Å². The molecule has 1 aromatic carbocycles. The third-order valence-corrected chi connectivity index (χ3v) is 4.04. The van der Waals surface area contributed by atoms with Crippen LogP contribution in [0.1, 0.15) is 19.8 Å². The van der Waals surface area contributed by atoms with Gasteiger partial charge in [0, 0.05) is 12.5 Å². The van der Waals surface area contributed by atoms with Crippen molar-refractivity contribution in [2.45, 2.75) is 31.8 Å². The van der Waals surface area contributed by atoms with Gasteiger partial charge in [-0.2, -0.15) is 17.7 Å². The molecular weight excluding hydrogens is 327 g/mol. The van der Waals surface area contributed by atoms with Crippen LogP contribution in [0, 0.1) is 0 Å². The molecule has 0 saturated carbocycles. The molecule has 0 aliphatic carbocycles. The molecule has 118 valence electrons. The second kappa shape index (κ2) is 7.19. The van der Waals surface area contributed by atoms with E-state index in [1.807, 2.05) is 11.3 Å². The van der Waals surface area contributed by atoms with Crippen molar-refractivity contribution in [1.82, 2.24) is 0 Å². The zero-order valence-electron chi connectivity index (χ0n) is 11.1. The number of hydrogen-bond acceptors (Lipinski definition) is 4. The van der Waals surface area contributed by atoms with Crippen LogP contribution in [0.5, 0.6) is 0 Å². The molecule has 0 amide bonds. The van der Waals surface area contributed by atoms with Crippen LogP contribution in [-0.2, 0) is 16.7 Å². The summed E-state index contributed by atoms with van der Waals surface area (Å²) in [5.41, 5.74) is -2.05. The molecule has 0 aliphatic heterocycles. The van der Waals surface area contributed by atoms with Crippen molar-refractivity contribution in [2.24, 2.45) is 0 Å². The molecule has 2 aromatic rings. The zero-order valence-corrected chi connectivity index (χ0v) is 12.8. The molecule has 21 heavy (non-hydrogen) atoms. The van der Waals surface area contributed by atoms with E-state index in [9.17, 15) is 13.2 Å². The Kier molecular flexibility index (Phi) is 6.11. The first-order valence-electron chi connectivity index (χ1n) is 6.04. The van der Waals surface area contributed by atoms with Gasteiger partial charge in [-0.1, -0.05) is 36.8 Å². The van der Waals surface area contributed by atoms with Gasteiger partial charge in [0.2, 0.25) is 11.0 Å². The van der Waals surface area contributed by atoms with Gasteiger partial charge in [0.1, 0.15) is 11.2 Å². The number of unbranched alkanes of at least 4 members (excludes halogenated alkanes) is 1. The lowest BCUT2D eigenvalue weighted by Gasteiger charge is -2.08. The Morgan fingerprint density at radius 3 is 2.38 bits per heavy atom. The molecule has 0 radical (unpaired) electrons. The Bertz CT molecular complexity index is 680. The van der Waals surface area contributed by atoms with Crippen molar-refractivity contribution < 1.29 is 30.7 Å². The number of aromatic nitrogens is 1. The van der Waals surface area contributed by atoms with Crippen molar-refractivity contribution in [3.05, 3.63) is 29.8 Å². The molecule has 1 heterocycles. The molecule has 0 saturated heterocycles. The number of thiazole rings is 1. The van der Waals surface area contributed by atoms with E-state index in [1.165, 1.54) is 23.1 Å². The maximum Gasteiger partial charge on any atom is 0.485 e. The van der Waals surface area contributed by atoms with Crippen molar-refractivity contribution in [2.75, 3.05) is 0 Å². The lowest BCUT2D eigenvalue weighted by atomic mass is 10.3. The molecule has 0 spiro atoms. The maximum absolute atomic E-state index is 10.7. The van der Waals surface area contributed by atoms with Crippen LogP contribution in [0.25, 0.3) is 10.2 Å². The second-order valence-electron chi connectivity index (χ2n) is 4.14. The zero-order chi connectivity index (χ0) is 16.1. The van der Waals surface area contributed by atoms with Gasteiger partial charge in [0.25, 0.3) is 0 Å². The van der Waals surface area contributed by atoms with Gasteiger partial charge in [-0.05, 0) is 6.07 Å². The van der Waals surface area contributed by atoms with E-state index >= 15 is 0 Å². The van der Waals surface area contributed by atoms with Crippen LogP contribution in [0.2, 0.25) is 0 Å². The summed E-state index contributed by atoms with van der Waals surface area (Å²) in [7, 11) is -6.09. The first-order chi connectivity index (χ1) is 9.67. The summed E-state index contributed by atoms with van der Waals surface area (Å²) in [6, 6.07) is 8.59. The third kappa shape index (κ3) is 5.25. The molecule has 4 nitrogen and oxygen atoms in total. The lowest BCUT2D eigenvalue weighted by Crippen LogP contribution is -2.31. The number of hydrogen-bond donors (Lipinski definition) is 0. The van der Waals surface area contributed by atoms with E-state index in [0.717, 1.165) is 6.54 Å². The fourth-order valence-corrected chi connectivity index (χ4v) is 2.40. The van der Waals surface area contributed by atoms with E-state index in [1.54, 1.807) is 0 Å². The predicted molar refractivity (Wildman–Crippen MR) is 72.7 cm³/mol. The van der Waals surface area contributed by atoms with Gasteiger partial charge in [-0.15, -0.1) is 0 Å². The highest BCUT2D eigenvalue weighted by Gasteiger charge is 2.36. The molecule has 9 heteroatoms. The number of halogens is 3. The smallest absolute Gasteiger partial charge is 0.485 e. The molecule has 2 rings (SSSR count). The van der Waals surface area contributed by atoms with Crippen molar-refractivity contribution >= 4 is 31.7 Å². The number of fused-ring (bicyclic) bond motifs is 1. The number of rotatable bonds is 3. The van der Waals surface area contributed by atoms with Crippen molar-refractivity contribution in [1.29, 1.82) is 0 Å². The Morgan fingerprint density at radius 2 is 1.86 bits per heavy atom. The summed E-state index contributed by atoms with van der Waals surface area (Å²) in [5.74, 6) is 0. The summed E-state index contributed by atoms with van der Waals surface area (Å²) >= 11 is 1.83. The van der Waals surface area contributed by atoms with Gasteiger partial charge in [0.15, 0.2) is 10.1 Å². The maximum atomic E-state index is 10.7. The number of benzene rings is 1. The number of nitrogens with zero attached hydrogens (tertiary/aromatic N) is 1. The van der Waals surface area contributed by atoms with Gasteiger partial charge in [-0.3, -0.25) is 0 Å². The largest absolute Gasteiger partial charge is 0.741 e. The van der Waals surface area contributed by atoms with Crippen LogP contribution >= 0.6 is 11.3 Å². The fraction of sp³-hybridized carbons (Fsp3) is 0.417. The SMILES string of the molecule is CCCC[n+]1csc2ccccc21.O=S(=O)([O-])C(F)(F)F. The normalized spacial score (nSPS) is 12.0. The van der Waals surface area contributed by atoms with Gasteiger partial charge >= 0.3 is 5.51 Å². The lowest BCUT2D eigenvalue weighted by molar-refractivity contribution is -0.667. The number of alkyl halides is 3. The molecule has 0 bridgehead atoms. The summed E-state index contributed by atoms with van der Waals surface area (Å²) < 4.78 is 62.6. The second-order valence-corrected chi connectivity index (χ2v) is 6.40. The Hall–Kier alpha value is -1.19. The third-order valence-electron chi connectivity index (χ3n) is 2.52. The van der Waals surface area contributed by atoms with Crippen LogP contribution in [0.4, 0.5) is 13.2 Å². The first kappa shape index (κ1) is 17.9. The molecule has 0 unspecified atom stereocenters. The van der Waals surface area contributed by atoms with E-state index < -0.39 is 15.6 Å². The monoisotopic (exact) mass is 341 g/mol. The molecule has 0 fully saturated rings. The summed E-state index contributed by atoms with van der Waals surface area (Å²) in [6.07, 6.45) is 2.53. The van der Waals surface area contributed by atoms with Crippen LogP contribution in [0.3, 0.4) is 0 Å². The molecular formula is C12H14F3NO3S2. The minimum Gasteiger partial charge on any atom is -0.741 e. The van der Waals surface area contributed by atoms with Crippen LogP contribution < -0.4 is 4.57 Å². The van der Waals surface area contributed by atoms with Crippen molar-refractivity contribution in [3.63, 3.8) is 0 Å². The van der Waals surface area contributed by atoms with E-state index in [-0.39, 0.29) is 0 Å². The minimum atomic E-state index is -6.09. The summed E-state index contributed by atoms with van der Waals surface area (Å²) in [4.78, 5) is 0. The highest BCUT2D eigenvalue weighted by molar-refractivity contribution is 7.86. The first-order valence-corrected chi connectivity index (χ1v) is 8.33. The summed E-state index contributed by atoms with van der Waals surface area (Å²) in [6.45, 7) is 3.38. The average Bonchev–Trinajstić information content (AvgIpc) is 2.78. The molecule has 0 N–H and O–H groups in total. The highest BCUT2D eigenvalue weighted by atomic mass is 32.2. The predicted octanol–water partition coefficient (Wildman–Crippen LogP) is 3.04. The van der Waals surface area contributed by atoms with Gasteiger partial charge in [0.05, 0.1) is 0 Å². The van der Waals surface area contributed by atoms with E-state index in [2.05, 4.69) is 41.3 Å². The Morgan fingerprint density at radius 1 is 1.29 bits per heavy atom. The molecule has 0 atom stereocenters. The Balaban J connectivity index is 0.000000240. The standard InChI is InChI=1S/C11H14NS.CHF3O3S/c1-2-3-8-12-9-13-11-7-5-4-6-10(11)12;2-1(3,4)8(5,6)7/h4-7,9H,2-3,8H2,1H3;(H,5,6,7)/q+1;/p-1. The average molecular weight is 341 g/mol. The quantitative estimate of drug-likeness (QED) is 0.490. The topological polar surface area (TPSA) is 61.1 Å². The van der Waals surface area contributed by atoms with Crippen LogP contribution in [-0.4, -0.2) is 18.5 Å². The fourth-order valence-electron chi connectivity index (χ4n) is 1.47. The van der Waals surface area contributed by atoms with Gasteiger partial charge < -0.3 is 4.55 Å². The van der Waals surface area contributed by atoms with E-state index in [0.29, 0.717) is 0 Å². The molecule has 1 aromatic heterocycles. The Labute approximate surface area is 124 Å². The van der Waals surface area contributed by atoms with Gasteiger partial charge in [-0.25, -0.2) is 8.42 Å². The van der Waals surface area contributed by atoms with E-state index in [4.69, 9.17) is 13.0 Å². The number of para-hydroxylation sites is 1. The van der Waals surface area contributed by atoms with Crippen molar-refractivity contribution in [3.8, 4) is 0 Å². The summed E-state index contributed by atoms with van der Waals surface area (Å²) in [5, 5.41) is 0. The molecule has 0 aliphatic rings. The number of aryl methyl sites for hydroxylation is 1.